The molecule has 3 heteroatoms. The van der Waals surface area contributed by atoms with Gasteiger partial charge in [0.15, 0.2) is 0 Å². The highest BCUT2D eigenvalue weighted by Gasteiger charge is 2.24. The highest BCUT2D eigenvalue weighted by Crippen LogP contribution is 2.25. The van der Waals surface area contributed by atoms with Gasteiger partial charge < -0.3 is 5.73 Å². The molecular weight excluding hydrogens is 278 g/mol. The minimum atomic E-state index is 0.230. The van der Waals surface area contributed by atoms with Crippen molar-refractivity contribution in [3.8, 4) is 0 Å². The van der Waals surface area contributed by atoms with E-state index in [-0.39, 0.29) is 5.92 Å². The van der Waals surface area contributed by atoms with Gasteiger partial charge in [-0.2, -0.15) is 0 Å². The van der Waals surface area contributed by atoms with Crippen LogP contribution in [-0.4, -0.2) is 11.8 Å². The third-order valence-corrected chi connectivity index (χ3v) is 3.99. The fourth-order valence-corrected chi connectivity index (χ4v) is 2.88. The number of benzene rings is 1. The summed E-state index contributed by atoms with van der Waals surface area (Å²) >= 11 is 3.43. The molecule has 0 radical (unpaired) electrons. The van der Waals surface area contributed by atoms with Crippen LogP contribution < -0.4 is 5.73 Å². The molecule has 2 nitrogen and oxygen atoms in total. The number of carbonyl (C=O) groups is 1. The molecule has 0 unspecified atom stereocenters. The molecule has 0 aromatic heterocycles. The number of hydrogen-bond donors (Lipinski definition) is 1. The maximum Gasteiger partial charge on any atom is 0.140 e. The van der Waals surface area contributed by atoms with Crippen LogP contribution >= 0.6 is 15.9 Å². The van der Waals surface area contributed by atoms with Crippen molar-refractivity contribution in [3.63, 3.8) is 0 Å². The van der Waals surface area contributed by atoms with Crippen molar-refractivity contribution < 1.29 is 4.79 Å². The predicted molar refractivity (Wildman–Crippen MR) is 72.8 cm³/mol. The van der Waals surface area contributed by atoms with Crippen molar-refractivity contribution in [1.82, 2.24) is 0 Å². The molecule has 0 aliphatic heterocycles. The van der Waals surface area contributed by atoms with E-state index in [1.165, 1.54) is 0 Å². The summed E-state index contributed by atoms with van der Waals surface area (Å²) < 4.78 is 1.04. The van der Waals surface area contributed by atoms with Gasteiger partial charge in [0.05, 0.1) is 0 Å². The number of halogens is 1. The number of rotatable bonds is 3. The van der Waals surface area contributed by atoms with Crippen molar-refractivity contribution in [1.29, 1.82) is 0 Å². The molecule has 1 aromatic rings. The number of nitrogens with two attached hydrogens (primary N) is 1. The standard InChI is InChI=1S/C14H18BrNO/c15-12-3-1-2-10(8-12)9-14(17)11-4-6-13(16)7-5-11/h1-3,8,11,13H,4-7,9,16H2. The van der Waals surface area contributed by atoms with Crippen molar-refractivity contribution in [2.24, 2.45) is 11.7 Å². The molecule has 2 rings (SSSR count). The van der Waals surface area contributed by atoms with E-state index in [0.717, 1.165) is 35.7 Å². The minimum absolute atomic E-state index is 0.230. The second-order valence-corrected chi connectivity index (χ2v) is 5.80. The van der Waals surface area contributed by atoms with Crippen LogP contribution in [0.25, 0.3) is 0 Å². The largest absolute Gasteiger partial charge is 0.328 e. The van der Waals surface area contributed by atoms with E-state index < -0.39 is 0 Å². The van der Waals surface area contributed by atoms with E-state index >= 15 is 0 Å². The average molecular weight is 296 g/mol. The normalized spacial score (nSPS) is 24.6. The van der Waals surface area contributed by atoms with Crippen molar-refractivity contribution in [2.75, 3.05) is 0 Å². The molecule has 0 spiro atoms. The van der Waals surface area contributed by atoms with Crippen LogP contribution in [0.4, 0.5) is 0 Å². The van der Waals surface area contributed by atoms with Crippen LogP contribution in [-0.2, 0) is 11.2 Å². The SMILES string of the molecule is NC1CCC(C(=O)Cc2cccc(Br)c2)CC1. The first-order valence-electron chi connectivity index (χ1n) is 6.18. The van der Waals surface area contributed by atoms with E-state index in [9.17, 15) is 4.79 Å². The molecule has 1 aliphatic rings. The molecule has 1 saturated carbocycles. The van der Waals surface area contributed by atoms with E-state index in [0.29, 0.717) is 18.2 Å². The second-order valence-electron chi connectivity index (χ2n) is 4.88. The van der Waals surface area contributed by atoms with Gasteiger partial charge in [0.2, 0.25) is 0 Å². The molecule has 0 heterocycles. The average Bonchev–Trinajstić information content (AvgIpc) is 2.29. The van der Waals surface area contributed by atoms with Crippen LogP contribution in [0.15, 0.2) is 28.7 Å². The Bertz CT molecular complexity index is 397. The fourth-order valence-electron chi connectivity index (χ4n) is 2.43. The first kappa shape index (κ1) is 12.8. The summed E-state index contributed by atoms with van der Waals surface area (Å²) in [7, 11) is 0. The second kappa shape index (κ2) is 5.78. The Labute approximate surface area is 111 Å². The van der Waals surface area contributed by atoms with Gasteiger partial charge in [-0.3, -0.25) is 4.79 Å². The smallest absolute Gasteiger partial charge is 0.140 e. The van der Waals surface area contributed by atoms with Gasteiger partial charge in [-0.15, -0.1) is 0 Å². The summed E-state index contributed by atoms with van der Waals surface area (Å²) in [6.45, 7) is 0. The molecule has 1 fully saturated rings. The monoisotopic (exact) mass is 295 g/mol. The summed E-state index contributed by atoms with van der Waals surface area (Å²) in [6, 6.07) is 8.30. The number of carbonyl (C=O) groups excluding carboxylic acids is 1. The van der Waals surface area contributed by atoms with Gasteiger partial charge in [-0.05, 0) is 43.4 Å². The lowest BCUT2D eigenvalue weighted by atomic mass is 9.82. The number of hydrogen-bond acceptors (Lipinski definition) is 2. The first-order chi connectivity index (χ1) is 8.15. The van der Waals surface area contributed by atoms with E-state index in [1.54, 1.807) is 0 Å². The molecule has 0 atom stereocenters. The molecule has 1 aliphatic carbocycles. The van der Waals surface area contributed by atoms with Crippen LogP contribution in [0.5, 0.6) is 0 Å². The third kappa shape index (κ3) is 3.65. The Balaban J connectivity index is 1.93. The molecule has 2 N–H and O–H groups in total. The maximum absolute atomic E-state index is 12.1. The summed E-state index contributed by atoms with van der Waals surface area (Å²) in [5.74, 6) is 0.601. The topological polar surface area (TPSA) is 43.1 Å². The van der Waals surface area contributed by atoms with E-state index in [1.807, 2.05) is 24.3 Å². The highest BCUT2D eigenvalue weighted by atomic mass is 79.9. The lowest BCUT2D eigenvalue weighted by Crippen LogP contribution is -2.30. The summed E-state index contributed by atoms with van der Waals surface area (Å²) in [5, 5.41) is 0. The lowest BCUT2D eigenvalue weighted by Gasteiger charge is -2.24. The van der Waals surface area contributed by atoms with Gasteiger partial charge in [-0.1, -0.05) is 28.1 Å². The van der Waals surface area contributed by atoms with Crippen LogP contribution in [0.1, 0.15) is 31.2 Å². The summed E-state index contributed by atoms with van der Waals surface area (Å²) in [5.41, 5.74) is 6.95. The Hall–Kier alpha value is -0.670. The number of ketones is 1. The molecule has 0 saturated heterocycles. The predicted octanol–water partition coefficient (Wildman–Crippen LogP) is 3.08. The Morgan fingerprint density at radius 3 is 2.65 bits per heavy atom. The minimum Gasteiger partial charge on any atom is -0.328 e. The zero-order valence-electron chi connectivity index (χ0n) is 9.86. The molecule has 17 heavy (non-hydrogen) atoms. The van der Waals surface area contributed by atoms with Crippen molar-refractivity contribution in [2.45, 2.75) is 38.1 Å². The Kier molecular flexibility index (Phi) is 4.35. The summed E-state index contributed by atoms with van der Waals surface area (Å²) in [4.78, 5) is 12.1. The fraction of sp³-hybridized carbons (Fsp3) is 0.500. The zero-order chi connectivity index (χ0) is 12.3. The lowest BCUT2D eigenvalue weighted by molar-refractivity contribution is -0.123. The third-order valence-electron chi connectivity index (χ3n) is 3.49. The van der Waals surface area contributed by atoms with Crippen molar-refractivity contribution >= 4 is 21.7 Å². The number of Topliss-reactive ketones (excluding diaryl/α,β-unsaturated/α-hetero) is 1. The molecule has 92 valence electrons. The molecular formula is C14H18BrNO. The van der Waals surface area contributed by atoms with Gasteiger partial charge in [0.1, 0.15) is 5.78 Å². The van der Waals surface area contributed by atoms with Gasteiger partial charge >= 0.3 is 0 Å². The first-order valence-corrected chi connectivity index (χ1v) is 6.97. The Morgan fingerprint density at radius 1 is 1.29 bits per heavy atom. The summed E-state index contributed by atoms with van der Waals surface area (Å²) in [6.07, 6.45) is 4.48. The van der Waals surface area contributed by atoms with E-state index in [4.69, 9.17) is 5.73 Å². The van der Waals surface area contributed by atoms with Crippen LogP contribution in [0, 0.1) is 5.92 Å². The zero-order valence-corrected chi connectivity index (χ0v) is 11.4. The highest BCUT2D eigenvalue weighted by molar-refractivity contribution is 9.10. The van der Waals surface area contributed by atoms with Gasteiger partial charge in [-0.25, -0.2) is 0 Å². The molecule has 1 aromatic carbocycles. The molecule has 0 bridgehead atoms. The molecule has 0 amide bonds. The van der Waals surface area contributed by atoms with Crippen LogP contribution in [0.2, 0.25) is 0 Å². The Morgan fingerprint density at radius 2 is 2.00 bits per heavy atom. The van der Waals surface area contributed by atoms with Gasteiger partial charge in [0.25, 0.3) is 0 Å². The quantitative estimate of drug-likeness (QED) is 0.931. The van der Waals surface area contributed by atoms with Crippen molar-refractivity contribution in [3.05, 3.63) is 34.3 Å². The van der Waals surface area contributed by atoms with E-state index in [2.05, 4.69) is 15.9 Å². The maximum atomic E-state index is 12.1. The van der Waals surface area contributed by atoms with Crippen LogP contribution in [0.3, 0.4) is 0 Å². The van der Waals surface area contributed by atoms with Gasteiger partial charge in [0, 0.05) is 22.9 Å².